The lowest BCUT2D eigenvalue weighted by molar-refractivity contribution is 0.105. The number of rotatable bonds is 8. The summed E-state index contributed by atoms with van der Waals surface area (Å²) in [5, 5.41) is 8.01. The van der Waals surface area contributed by atoms with E-state index in [4.69, 9.17) is 4.74 Å². The molecule has 0 saturated heterocycles. The van der Waals surface area contributed by atoms with Crippen LogP contribution in [-0.2, 0) is 11.3 Å². The molecule has 2 rings (SSSR count). The normalized spacial score (nSPS) is 17.4. The lowest BCUT2D eigenvalue weighted by Crippen LogP contribution is -2.43. The predicted octanol–water partition coefficient (Wildman–Crippen LogP) is 3.10. The summed E-state index contributed by atoms with van der Waals surface area (Å²) in [6.07, 6.45) is 8.32. The van der Waals surface area contributed by atoms with E-state index in [9.17, 15) is 0 Å². The van der Waals surface area contributed by atoms with Gasteiger partial charge in [0.25, 0.3) is 0 Å². The van der Waals surface area contributed by atoms with Crippen molar-refractivity contribution in [2.45, 2.75) is 52.5 Å². The first kappa shape index (κ1) is 18.2. The highest BCUT2D eigenvalue weighted by molar-refractivity contribution is 7.11. The fourth-order valence-electron chi connectivity index (χ4n) is 3.22. The van der Waals surface area contributed by atoms with E-state index in [-0.39, 0.29) is 0 Å². The van der Waals surface area contributed by atoms with Gasteiger partial charge in [-0.3, -0.25) is 4.99 Å². The van der Waals surface area contributed by atoms with Crippen molar-refractivity contribution >= 4 is 17.3 Å². The van der Waals surface area contributed by atoms with Crippen LogP contribution in [0.2, 0.25) is 0 Å². The van der Waals surface area contributed by atoms with Crippen molar-refractivity contribution in [1.29, 1.82) is 0 Å². The fourth-order valence-corrected chi connectivity index (χ4v) is 3.96. The van der Waals surface area contributed by atoms with Gasteiger partial charge in [-0.25, -0.2) is 4.98 Å². The summed E-state index contributed by atoms with van der Waals surface area (Å²) in [7, 11) is 1.83. The van der Waals surface area contributed by atoms with E-state index in [1.165, 1.54) is 30.6 Å². The molecule has 130 valence electrons. The lowest BCUT2D eigenvalue weighted by Gasteiger charge is -2.30. The first-order valence-electron chi connectivity index (χ1n) is 8.61. The van der Waals surface area contributed by atoms with Crippen molar-refractivity contribution in [2.24, 2.45) is 10.4 Å². The fraction of sp³-hybridized carbons (Fsp3) is 0.765. The van der Waals surface area contributed by atoms with Gasteiger partial charge >= 0.3 is 0 Å². The Morgan fingerprint density at radius 3 is 2.78 bits per heavy atom. The van der Waals surface area contributed by atoms with E-state index in [0.29, 0.717) is 5.41 Å². The van der Waals surface area contributed by atoms with Crippen LogP contribution < -0.4 is 10.6 Å². The third kappa shape index (κ3) is 5.77. The highest BCUT2D eigenvalue weighted by Gasteiger charge is 2.33. The number of aryl methyl sites for hydroxylation is 1. The van der Waals surface area contributed by atoms with Crippen molar-refractivity contribution in [1.82, 2.24) is 15.6 Å². The zero-order valence-electron chi connectivity index (χ0n) is 14.7. The largest absolute Gasteiger partial charge is 0.382 e. The average Bonchev–Trinajstić information content (AvgIpc) is 3.18. The van der Waals surface area contributed by atoms with E-state index >= 15 is 0 Å². The number of ether oxygens (including phenoxy) is 1. The van der Waals surface area contributed by atoms with Crippen LogP contribution in [0.4, 0.5) is 0 Å². The van der Waals surface area contributed by atoms with Crippen LogP contribution in [0.1, 0.15) is 48.9 Å². The molecule has 1 aromatic rings. The molecule has 1 aliphatic carbocycles. The second-order valence-corrected chi connectivity index (χ2v) is 7.60. The monoisotopic (exact) mass is 338 g/mol. The molecule has 23 heavy (non-hydrogen) atoms. The molecule has 0 radical (unpaired) electrons. The molecule has 5 nitrogen and oxygen atoms in total. The van der Waals surface area contributed by atoms with Crippen LogP contribution >= 0.6 is 11.3 Å². The van der Waals surface area contributed by atoms with Gasteiger partial charge in [0.05, 0.1) is 11.6 Å². The van der Waals surface area contributed by atoms with Gasteiger partial charge < -0.3 is 15.4 Å². The van der Waals surface area contributed by atoms with Gasteiger partial charge in [-0.2, -0.15) is 0 Å². The molecule has 0 atom stereocenters. The van der Waals surface area contributed by atoms with Crippen LogP contribution in [0.3, 0.4) is 0 Å². The smallest absolute Gasteiger partial charge is 0.191 e. The molecule has 2 N–H and O–H groups in total. The molecule has 6 heteroatoms. The van der Waals surface area contributed by atoms with Gasteiger partial charge in [-0.15, -0.1) is 11.3 Å². The van der Waals surface area contributed by atoms with Gasteiger partial charge in [0.1, 0.15) is 0 Å². The van der Waals surface area contributed by atoms with Crippen LogP contribution in [0.25, 0.3) is 0 Å². The topological polar surface area (TPSA) is 58.5 Å². The summed E-state index contributed by atoms with van der Waals surface area (Å²) < 4.78 is 5.58. The minimum absolute atomic E-state index is 0.369. The molecular formula is C17H30N4OS. The van der Waals surface area contributed by atoms with Gasteiger partial charge in [0.2, 0.25) is 0 Å². The summed E-state index contributed by atoms with van der Waals surface area (Å²) in [4.78, 5) is 9.87. The standard InChI is InChI=1S/C17H30N4OS/c1-4-22-10-9-17(7-5-6-8-17)13-21-16(18-3)20-12-15-11-19-14(2)23-15/h11H,4-10,12-13H2,1-3H3,(H2,18,20,21). The number of guanidine groups is 1. The molecule has 0 unspecified atom stereocenters. The first-order chi connectivity index (χ1) is 11.2. The van der Waals surface area contributed by atoms with Crippen molar-refractivity contribution in [3.8, 4) is 0 Å². The summed E-state index contributed by atoms with van der Waals surface area (Å²) in [6, 6.07) is 0. The maximum atomic E-state index is 5.58. The van der Waals surface area contributed by atoms with Crippen molar-refractivity contribution in [3.05, 3.63) is 16.1 Å². The summed E-state index contributed by atoms with van der Waals surface area (Å²) >= 11 is 1.72. The third-order valence-corrected chi connectivity index (χ3v) is 5.51. The summed E-state index contributed by atoms with van der Waals surface area (Å²) in [5.74, 6) is 0.874. The Kier molecular flexibility index (Phi) is 7.30. The Morgan fingerprint density at radius 1 is 1.39 bits per heavy atom. The van der Waals surface area contributed by atoms with E-state index in [2.05, 4.69) is 27.5 Å². The number of hydrogen-bond donors (Lipinski definition) is 2. The van der Waals surface area contributed by atoms with Crippen LogP contribution in [0, 0.1) is 12.3 Å². The zero-order valence-corrected chi connectivity index (χ0v) is 15.5. The minimum Gasteiger partial charge on any atom is -0.382 e. The van der Waals surface area contributed by atoms with E-state index in [0.717, 1.165) is 43.7 Å². The van der Waals surface area contributed by atoms with Gasteiger partial charge in [0, 0.05) is 37.9 Å². The Labute approximate surface area is 144 Å². The van der Waals surface area contributed by atoms with Crippen molar-refractivity contribution in [2.75, 3.05) is 26.8 Å². The molecule has 1 heterocycles. The molecule has 0 amide bonds. The number of aromatic nitrogens is 1. The van der Waals surface area contributed by atoms with Gasteiger partial charge in [-0.1, -0.05) is 12.8 Å². The molecule has 0 spiro atoms. The molecule has 0 bridgehead atoms. The SMILES string of the molecule is CCOCCC1(CNC(=NC)NCc2cnc(C)s2)CCCC1. The Hall–Kier alpha value is -1.14. The Morgan fingerprint density at radius 2 is 2.17 bits per heavy atom. The first-order valence-corrected chi connectivity index (χ1v) is 9.43. The maximum Gasteiger partial charge on any atom is 0.191 e. The van der Waals surface area contributed by atoms with E-state index in [1.54, 1.807) is 11.3 Å². The molecular weight excluding hydrogens is 308 g/mol. The molecule has 0 aromatic carbocycles. The van der Waals surface area contributed by atoms with Crippen LogP contribution in [0.5, 0.6) is 0 Å². The van der Waals surface area contributed by atoms with Crippen molar-refractivity contribution < 1.29 is 4.74 Å². The second-order valence-electron chi connectivity index (χ2n) is 6.28. The van der Waals surface area contributed by atoms with Crippen LogP contribution in [-0.4, -0.2) is 37.7 Å². The Bertz CT molecular complexity index is 495. The van der Waals surface area contributed by atoms with E-state index < -0.39 is 0 Å². The average molecular weight is 339 g/mol. The number of aliphatic imine (C=N–C) groups is 1. The quantitative estimate of drug-likeness (QED) is 0.434. The highest BCUT2D eigenvalue weighted by Crippen LogP contribution is 2.40. The van der Waals surface area contributed by atoms with Crippen molar-refractivity contribution in [3.63, 3.8) is 0 Å². The highest BCUT2D eigenvalue weighted by atomic mass is 32.1. The number of thiazole rings is 1. The van der Waals surface area contributed by atoms with E-state index in [1.807, 2.05) is 20.2 Å². The zero-order chi connectivity index (χ0) is 16.5. The van der Waals surface area contributed by atoms with Gasteiger partial charge in [-0.05, 0) is 38.5 Å². The minimum atomic E-state index is 0.369. The van der Waals surface area contributed by atoms with Crippen LogP contribution in [0.15, 0.2) is 11.2 Å². The molecule has 1 aliphatic rings. The Balaban J connectivity index is 1.80. The number of hydrogen-bond acceptors (Lipinski definition) is 4. The second kappa shape index (κ2) is 9.23. The maximum absolute atomic E-state index is 5.58. The lowest BCUT2D eigenvalue weighted by atomic mass is 9.83. The molecule has 1 saturated carbocycles. The number of nitrogens with one attached hydrogen (secondary N) is 2. The summed E-state index contributed by atoms with van der Waals surface area (Å²) in [6.45, 7) is 7.51. The molecule has 1 aromatic heterocycles. The third-order valence-electron chi connectivity index (χ3n) is 4.60. The number of nitrogens with zero attached hydrogens (tertiary/aromatic N) is 2. The molecule has 0 aliphatic heterocycles. The summed E-state index contributed by atoms with van der Waals surface area (Å²) in [5.41, 5.74) is 0.369. The predicted molar refractivity (Wildman–Crippen MR) is 97.1 cm³/mol. The molecule has 1 fully saturated rings. The van der Waals surface area contributed by atoms with Gasteiger partial charge in [0.15, 0.2) is 5.96 Å².